The van der Waals surface area contributed by atoms with E-state index in [9.17, 15) is 4.39 Å². The monoisotopic (exact) mass is 326 g/mol. The molecule has 0 spiro atoms. The molecule has 1 heterocycles. The van der Waals surface area contributed by atoms with Gasteiger partial charge in [0.25, 0.3) is 0 Å². The smallest absolute Gasteiger partial charge is 0.119 e. The second-order valence-corrected chi connectivity index (χ2v) is 5.58. The lowest BCUT2D eigenvalue weighted by atomic mass is 10.1. The van der Waals surface area contributed by atoms with Crippen LogP contribution in [-0.2, 0) is 0 Å². The van der Waals surface area contributed by atoms with Crippen LogP contribution in [0.5, 0.6) is 5.75 Å². The fraction of sp³-hybridized carbons (Fsp3) is 0.300. The van der Waals surface area contributed by atoms with Gasteiger partial charge in [-0.2, -0.15) is 5.10 Å². The van der Waals surface area contributed by atoms with Crippen LogP contribution >= 0.6 is 0 Å². The molecule has 3 nitrogen and oxygen atoms in total. The van der Waals surface area contributed by atoms with Gasteiger partial charge in [0.2, 0.25) is 0 Å². The number of hydrogen-bond donors (Lipinski definition) is 0. The zero-order valence-electron chi connectivity index (χ0n) is 14.0. The van der Waals surface area contributed by atoms with E-state index in [4.69, 9.17) is 4.74 Å². The molecule has 0 aliphatic heterocycles. The molecule has 1 atom stereocenters. The molecule has 0 saturated carbocycles. The molecule has 2 rings (SSSR count). The van der Waals surface area contributed by atoms with Crippen LogP contribution in [0.15, 0.2) is 55.1 Å². The lowest BCUT2D eigenvalue weighted by molar-refractivity contribution is 0.335. The summed E-state index contributed by atoms with van der Waals surface area (Å²) in [6.07, 6.45) is 7.21. The number of unbranched alkanes of at least 4 members (excludes halogenated alkanes) is 1. The van der Waals surface area contributed by atoms with E-state index in [1.807, 2.05) is 48.6 Å². The summed E-state index contributed by atoms with van der Waals surface area (Å²) in [5.41, 5.74) is 2.60. The summed E-state index contributed by atoms with van der Waals surface area (Å²) in [5.74, 6) is 0.800. The van der Waals surface area contributed by atoms with E-state index in [1.165, 1.54) is 0 Å². The van der Waals surface area contributed by atoms with Crippen LogP contribution in [0.25, 0.3) is 17.3 Å². The van der Waals surface area contributed by atoms with Gasteiger partial charge in [-0.1, -0.05) is 18.7 Å². The van der Waals surface area contributed by atoms with Gasteiger partial charge in [0.1, 0.15) is 12.4 Å². The third-order valence-electron chi connectivity index (χ3n) is 3.46. The molecule has 0 radical (unpaired) electrons. The standard InChI is InChI=1S/C20H23FN2O/c1-3-15-24-19-12-9-17(10-13-19)20-14-11-18(22-23-20)8-6-4-5-7-16(2)21/h3,6,8-14,16H,1,4-5,7,15H2,2H3/b8-6+. The minimum absolute atomic E-state index is 0.491. The first-order valence-corrected chi connectivity index (χ1v) is 8.17. The third kappa shape index (κ3) is 5.95. The normalized spacial score (nSPS) is 12.2. The maximum atomic E-state index is 12.7. The van der Waals surface area contributed by atoms with Crippen LogP contribution in [-0.4, -0.2) is 23.0 Å². The Morgan fingerprint density at radius 2 is 1.96 bits per heavy atom. The van der Waals surface area contributed by atoms with Crippen molar-refractivity contribution >= 4 is 6.08 Å². The van der Waals surface area contributed by atoms with Crippen LogP contribution in [0.1, 0.15) is 31.9 Å². The minimum Gasteiger partial charge on any atom is -0.490 e. The van der Waals surface area contributed by atoms with Crippen molar-refractivity contribution in [3.63, 3.8) is 0 Å². The molecule has 0 aliphatic rings. The molecule has 0 amide bonds. The fourth-order valence-corrected chi connectivity index (χ4v) is 2.18. The molecule has 1 unspecified atom stereocenters. The van der Waals surface area contributed by atoms with E-state index in [-0.39, 0.29) is 0 Å². The first-order chi connectivity index (χ1) is 11.7. The molecule has 0 fully saturated rings. The highest BCUT2D eigenvalue weighted by Gasteiger charge is 2.01. The van der Waals surface area contributed by atoms with E-state index in [1.54, 1.807) is 13.0 Å². The van der Waals surface area contributed by atoms with E-state index >= 15 is 0 Å². The van der Waals surface area contributed by atoms with Gasteiger partial charge < -0.3 is 4.74 Å². The molecule has 1 aromatic heterocycles. The van der Waals surface area contributed by atoms with Crippen molar-refractivity contribution in [3.8, 4) is 17.0 Å². The van der Waals surface area contributed by atoms with Crippen LogP contribution in [0.3, 0.4) is 0 Å². The van der Waals surface area contributed by atoms with Crippen LogP contribution in [0.4, 0.5) is 4.39 Å². The molecule has 4 heteroatoms. The predicted octanol–water partition coefficient (Wildman–Crippen LogP) is 5.25. The summed E-state index contributed by atoms with van der Waals surface area (Å²) in [6.45, 7) is 5.70. The van der Waals surface area contributed by atoms with Gasteiger partial charge in [-0.05, 0) is 68.7 Å². The van der Waals surface area contributed by atoms with Crippen LogP contribution < -0.4 is 4.74 Å². The fourth-order valence-electron chi connectivity index (χ4n) is 2.18. The average Bonchev–Trinajstić information content (AvgIpc) is 2.60. The van der Waals surface area contributed by atoms with Gasteiger partial charge in [0, 0.05) is 5.56 Å². The number of benzene rings is 1. The average molecular weight is 326 g/mol. The zero-order valence-corrected chi connectivity index (χ0v) is 14.0. The van der Waals surface area contributed by atoms with Gasteiger partial charge >= 0.3 is 0 Å². The number of aromatic nitrogens is 2. The Balaban J connectivity index is 1.91. The largest absolute Gasteiger partial charge is 0.490 e. The van der Waals surface area contributed by atoms with Crippen LogP contribution in [0.2, 0.25) is 0 Å². The highest BCUT2D eigenvalue weighted by molar-refractivity contribution is 5.60. The first kappa shape index (κ1) is 17.9. The summed E-state index contributed by atoms with van der Waals surface area (Å²) in [6, 6.07) is 11.6. The van der Waals surface area contributed by atoms with Crippen LogP contribution in [0, 0.1) is 0 Å². The van der Waals surface area contributed by atoms with E-state index in [0.717, 1.165) is 35.5 Å². The van der Waals surface area contributed by atoms with E-state index in [2.05, 4.69) is 16.8 Å². The molecule has 2 aromatic rings. The number of allylic oxidation sites excluding steroid dienone is 1. The van der Waals surface area contributed by atoms with Crippen molar-refractivity contribution in [1.82, 2.24) is 10.2 Å². The van der Waals surface area contributed by atoms with Gasteiger partial charge in [-0.3, -0.25) is 0 Å². The highest BCUT2D eigenvalue weighted by Crippen LogP contribution is 2.20. The Hall–Kier alpha value is -2.49. The lowest BCUT2D eigenvalue weighted by Crippen LogP contribution is -1.93. The Morgan fingerprint density at radius 1 is 1.17 bits per heavy atom. The SMILES string of the molecule is C=CCOc1ccc(-c2ccc(/C=C/CCCC(C)F)nn2)cc1. The molecular formula is C20H23FN2O. The van der Waals surface area contributed by atoms with Crippen molar-refractivity contribution in [1.29, 1.82) is 0 Å². The van der Waals surface area contributed by atoms with E-state index < -0.39 is 6.17 Å². The number of halogens is 1. The zero-order chi connectivity index (χ0) is 17.2. The van der Waals surface area contributed by atoms with Gasteiger partial charge in [0.05, 0.1) is 17.6 Å². The molecule has 0 N–H and O–H groups in total. The summed E-state index contributed by atoms with van der Waals surface area (Å²) < 4.78 is 18.1. The number of ether oxygens (including phenoxy) is 1. The Bertz CT molecular complexity index is 648. The van der Waals surface area contributed by atoms with Crippen molar-refractivity contribution < 1.29 is 9.13 Å². The van der Waals surface area contributed by atoms with E-state index in [0.29, 0.717) is 13.0 Å². The Morgan fingerprint density at radius 3 is 2.58 bits per heavy atom. The van der Waals surface area contributed by atoms with Crippen molar-refractivity contribution in [2.45, 2.75) is 32.4 Å². The summed E-state index contributed by atoms with van der Waals surface area (Å²) >= 11 is 0. The molecular weight excluding hydrogens is 303 g/mol. The van der Waals surface area contributed by atoms with Crippen molar-refractivity contribution in [3.05, 3.63) is 60.8 Å². The summed E-state index contributed by atoms with van der Waals surface area (Å²) in [4.78, 5) is 0. The molecule has 0 bridgehead atoms. The quantitative estimate of drug-likeness (QED) is 0.466. The molecule has 126 valence electrons. The Kier molecular flexibility index (Phi) is 7.15. The Labute approximate surface area is 142 Å². The molecule has 1 aromatic carbocycles. The number of nitrogens with zero attached hydrogens (tertiary/aromatic N) is 2. The number of alkyl halides is 1. The first-order valence-electron chi connectivity index (χ1n) is 8.17. The maximum Gasteiger partial charge on any atom is 0.119 e. The second kappa shape index (κ2) is 9.60. The molecule has 0 saturated heterocycles. The summed E-state index contributed by atoms with van der Waals surface area (Å²) in [5, 5.41) is 8.45. The lowest BCUT2D eigenvalue weighted by Gasteiger charge is -2.04. The summed E-state index contributed by atoms with van der Waals surface area (Å²) in [7, 11) is 0. The number of rotatable bonds is 9. The van der Waals surface area contributed by atoms with Gasteiger partial charge in [-0.25, -0.2) is 4.39 Å². The maximum absolute atomic E-state index is 12.7. The van der Waals surface area contributed by atoms with Crippen molar-refractivity contribution in [2.24, 2.45) is 0 Å². The molecule has 24 heavy (non-hydrogen) atoms. The molecule has 0 aliphatic carbocycles. The number of hydrogen-bond acceptors (Lipinski definition) is 3. The second-order valence-electron chi connectivity index (χ2n) is 5.58. The third-order valence-corrected chi connectivity index (χ3v) is 3.46. The minimum atomic E-state index is -0.731. The van der Waals surface area contributed by atoms with Gasteiger partial charge in [-0.15, -0.1) is 5.10 Å². The van der Waals surface area contributed by atoms with Gasteiger partial charge in [0.15, 0.2) is 0 Å². The van der Waals surface area contributed by atoms with Crippen molar-refractivity contribution in [2.75, 3.05) is 6.61 Å². The highest BCUT2D eigenvalue weighted by atomic mass is 19.1. The predicted molar refractivity (Wildman–Crippen MR) is 96.6 cm³/mol. The topological polar surface area (TPSA) is 35.0 Å².